The van der Waals surface area contributed by atoms with E-state index < -0.39 is 0 Å². The molecule has 1 fully saturated rings. The van der Waals surface area contributed by atoms with Crippen molar-refractivity contribution < 1.29 is 9.59 Å². The van der Waals surface area contributed by atoms with Crippen LogP contribution in [0.2, 0.25) is 0 Å². The molecule has 2 heterocycles. The molecule has 0 bridgehead atoms. The summed E-state index contributed by atoms with van der Waals surface area (Å²) in [6.45, 7) is 11.3. The monoisotopic (exact) mass is 532 g/mol. The Morgan fingerprint density at radius 3 is 2.08 bits per heavy atom. The van der Waals surface area contributed by atoms with Gasteiger partial charge in [0.05, 0.1) is 6.04 Å². The second-order valence-electron chi connectivity index (χ2n) is 11.6. The molecule has 0 aliphatic carbocycles. The van der Waals surface area contributed by atoms with Gasteiger partial charge >= 0.3 is 0 Å². The Morgan fingerprint density at radius 2 is 1.41 bits per heavy atom. The molecule has 1 unspecified atom stereocenters. The van der Waals surface area contributed by atoms with Crippen molar-refractivity contribution in [3.05, 3.63) is 65.2 Å². The highest BCUT2D eigenvalue weighted by molar-refractivity contribution is 5.97. The van der Waals surface area contributed by atoms with Gasteiger partial charge < -0.3 is 10.2 Å². The Hall–Kier alpha value is -2.70. The van der Waals surface area contributed by atoms with E-state index in [4.69, 9.17) is 0 Å². The van der Waals surface area contributed by atoms with E-state index in [0.29, 0.717) is 18.2 Å². The number of rotatable bonds is 6. The molecule has 0 aromatic heterocycles. The molecular formula is C33H48N4O2. The largest absolute Gasteiger partial charge is 0.350 e. The fourth-order valence-corrected chi connectivity index (χ4v) is 6.07. The van der Waals surface area contributed by atoms with Crippen LogP contribution in [0.3, 0.4) is 0 Å². The van der Waals surface area contributed by atoms with E-state index in [-0.39, 0.29) is 17.9 Å². The molecule has 4 rings (SSSR count). The van der Waals surface area contributed by atoms with Crippen molar-refractivity contribution in [3.63, 3.8) is 0 Å². The molecule has 0 radical (unpaired) electrons. The molecule has 1 N–H and O–H groups in total. The summed E-state index contributed by atoms with van der Waals surface area (Å²) in [6.07, 6.45) is 9.46. The molecule has 2 amide bonds. The van der Waals surface area contributed by atoms with Gasteiger partial charge in [0.25, 0.3) is 5.91 Å². The van der Waals surface area contributed by atoms with Crippen molar-refractivity contribution >= 4 is 17.5 Å². The molecule has 212 valence electrons. The number of nitrogens with one attached hydrogen (secondary N) is 1. The fraction of sp³-hybridized carbons (Fsp3) is 0.576. The second kappa shape index (κ2) is 14.6. The minimum absolute atomic E-state index is 0.0488. The third kappa shape index (κ3) is 8.15. The summed E-state index contributed by atoms with van der Waals surface area (Å²) in [5.41, 5.74) is 3.92. The lowest BCUT2D eigenvalue weighted by molar-refractivity contribution is -0.116. The lowest BCUT2D eigenvalue weighted by Gasteiger charge is -2.35. The van der Waals surface area contributed by atoms with Crippen LogP contribution in [-0.2, 0) is 11.3 Å². The first-order valence-electron chi connectivity index (χ1n) is 15.2. The van der Waals surface area contributed by atoms with Crippen LogP contribution < -0.4 is 10.2 Å². The van der Waals surface area contributed by atoms with Crippen LogP contribution in [0.4, 0.5) is 5.69 Å². The average molecular weight is 533 g/mol. The number of hydrogen-bond acceptors (Lipinski definition) is 4. The van der Waals surface area contributed by atoms with E-state index in [1.807, 2.05) is 29.2 Å². The maximum atomic E-state index is 13.5. The molecule has 39 heavy (non-hydrogen) atoms. The number of piperidine rings is 1. The van der Waals surface area contributed by atoms with Crippen molar-refractivity contribution in [1.82, 2.24) is 15.1 Å². The summed E-state index contributed by atoms with van der Waals surface area (Å²) in [5, 5.41) is 3.26. The second-order valence-corrected chi connectivity index (χ2v) is 11.6. The number of amides is 2. The predicted molar refractivity (Wildman–Crippen MR) is 160 cm³/mol. The Morgan fingerprint density at radius 1 is 0.795 bits per heavy atom. The normalized spacial score (nSPS) is 19.0. The standard InChI is InChI=1S/C33H48N4O2/c1-26(2)36-21-11-5-4-6-14-22-37(27(3)38)31-18-17-29(23-30(31)25-36)33(39)34-24-32(28-15-9-7-10-16-28)35-19-12-8-13-20-35/h7,9-10,15-18,23,26,32H,4-6,8,11-14,19-22,24-25H2,1-3H3,(H,34,39). The summed E-state index contributed by atoms with van der Waals surface area (Å²) < 4.78 is 0. The molecule has 6 heteroatoms. The molecule has 2 aliphatic heterocycles. The van der Waals surface area contributed by atoms with Crippen molar-refractivity contribution in [2.24, 2.45) is 0 Å². The summed E-state index contributed by atoms with van der Waals surface area (Å²) in [5.74, 6) is 0.0150. The smallest absolute Gasteiger partial charge is 0.251 e. The van der Waals surface area contributed by atoms with E-state index >= 15 is 0 Å². The van der Waals surface area contributed by atoms with E-state index in [2.05, 4.69) is 53.2 Å². The minimum Gasteiger partial charge on any atom is -0.350 e. The van der Waals surface area contributed by atoms with E-state index in [1.165, 1.54) is 44.1 Å². The van der Waals surface area contributed by atoms with E-state index in [1.54, 1.807) is 6.92 Å². The maximum absolute atomic E-state index is 13.5. The lowest BCUT2D eigenvalue weighted by Crippen LogP contribution is -2.40. The van der Waals surface area contributed by atoms with Gasteiger partial charge in [-0.25, -0.2) is 0 Å². The van der Waals surface area contributed by atoms with Crippen LogP contribution in [0, 0.1) is 0 Å². The van der Waals surface area contributed by atoms with Crippen LogP contribution in [0.25, 0.3) is 0 Å². The van der Waals surface area contributed by atoms with Crippen LogP contribution in [0.5, 0.6) is 0 Å². The quantitative estimate of drug-likeness (QED) is 0.483. The number of benzene rings is 2. The lowest BCUT2D eigenvalue weighted by atomic mass is 10.0. The van der Waals surface area contributed by atoms with Gasteiger partial charge in [-0.3, -0.25) is 19.4 Å². The molecule has 0 spiro atoms. The molecule has 1 atom stereocenters. The van der Waals surface area contributed by atoms with E-state index in [9.17, 15) is 9.59 Å². The number of anilines is 1. The molecule has 0 saturated carbocycles. The number of likely N-dealkylation sites (tertiary alicyclic amines) is 1. The Labute approximate surface area is 235 Å². The third-order valence-corrected chi connectivity index (χ3v) is 8.42. The number of nitrogens with zero attached hydrogens (tertiary/aromatic N) is 3. The van der Waals surface area contributed by atoms with Gasteiger partial charge in [-0.2, -0.15) is 0 Å². The van der Waals surface area contributed by atoms with Gasteiger partial charge in [-0.05, 0) is 88.5 Å². The molecule has 2 aliphatic rings. The predicted octanol–water partition coefficient (Wildman–Crippen LogP) is 6.17. The van der Waals surface area contributed by atoms with Gasteiger partial charge in [-0.1, -0.05) is 56.0 Å². The van der Waals surface area contributed by atoms with Gasteiger partial charge in [-0.15, -0.1) is 0 Å². The Kier molecular flexibility index (Phi) is 11.0. The van der Waals surface area contributed by atoms with Gasteiger partial charge in [0.1, 0.15) is 0 Å². The van der Waals surface area contributed by atoms with E-state index in [0.717, 1.165) is 56.8 Å². The zero-order chi connectivity index (χ0) is 27.6. The SMILES string of the molecule is CC(=O)N1CCCCCCCN(C(C)C)Cc2cc(C(=O)NCC(c3ccccc3)N3CCCCC3)ccc21. The van der Waals surface area contributed by atoms with Crippen molar-refractivity contribution in [3.8, 4) is 0 Å². The number of carbonyl (C=O) groups excluding carboxylic acids is 2. The fourth-order valence-electron chi connectivity index (χ4n) is 6.07. The molecule has 2 aromatic carbocycles. The van der Waals surface area contributed by atoms with Crippen molar-refractivity contribution in [2.45, 2.75) is 90.8 Å². The zero-order valence-electron chi connectivity index (χ0n) is 24.3. The maximum Gasteiger partial charge on any atom is 0.251 e. The van der Waals surface area contributed by atoms with Crippen molar-refractivity contribution in [2.75, 3.05) is 37.6 Å². The van der Waals surface area contributed by atoms with Crippen LogP contribution >= 0.6 is 0 Å². The molecular weight excluding hydrogens is 484 g/mol. The molecule has 2 aromatic rings. The highest BCUT2D eigenvalue weighted by atomic mass is 16.2. The Balaban J connectivity index is 1.57. The van der Waals surface area contributed by atoms with Crippen molar-refractivity contribution in [1.29, 1.82) is 0 Å². The van der Waals surface area contributed by atoms with Crippen LogP contribution in [-0.4, -0.2) is 60.4 Å². The number of hydrogen-bond donors (Lipinski definition) is 1. The number of fused-ring (bicyclic) bond motifs is 1. The highest BCUT2D eigenvalue weighted by Crippen LogP contribution is 2.28. The summed E-state index contributed by atoms with van der Waals surface area (Å²) in [4.78, 5) is 33.1. The Bertz CT molecular complexity index is 1060. The van der Waals surface area contributed by atoms with Crippen LogP contribution in [0.15, 0.2) is 48.5 Å². The summed E-state index contributed by atoms with van der Waals surface area (Å²) in [7, 11) is 0. The summed E-state index contributed by atoms with van der Waals surface area (Å²) >= 11 is 0. The first kappa shape index (κ1) is 29.3. The van der Waals surface area contributed by atoms with Gasteiger partial charge in [0.2, 0.25) is 5.91 Å². The first-order chi connectivity index (χ1) is 18.9. The van der Waals surface area contributed by atoms with Crippen LogP contribution in [0.1, 0.15) is 99.7 Å². The third-order valence-electron chi connectivity index (χ3n) is 8.42. The highest BCUT2D eigenvalue weighted by Gasteiger charge is 2.24. The van der Waals surface area contributed by atoms with Gasteiger partial charge in [0, 0.05) is 43.9 Å². The average Bonchev–Trinajstić information content (AvgIpc) is 2.94. The zero-order valence-corrected chi connectivity index (χ0v) is 24.3. The van der Waals surface area contributed by atoms with Gasteiger partial charge in [0.15, 0.2) is 0 Å². The topological polar surface area (TPSA) is 55.9 Å². The number of carbonyl (C=O) groups is 2. The molecule has 1 saturated heterocycles. The molecule has 6 nitrogen and oxygen atoms in total. The minimum atomic E-state index is -0.0488. The first-order valence-corrected chi connectivity index (χ1v) is 15.2. The summed E-state index contributed by atoms with van der Waals surface area (Å²) in [6, 6.07) is 17.0.